The summed E-state index contributed by atoms with van der Waals surface area (Å²) in [6.45, 7) is 10.4. The lowest BCUT2D eigenvalue weighted by Gasteiger charge is -2.31. The summed E-state index contributed by atoms with van der Waals surface area (Å²) in [5, 5.41) is 5.88. The van der Waals surface area contributed by atoms with Gasteiger partial charge in [-0.15, -0.1) is 0 Å². The first-order chi connectivity index (χ1) is 13.8. The third-order valence-corrected chi connectivity index (χ3v) is 7.70. The molecular formula is C20H33ClN4O3S. The number of amides is 2. The van der Waals surface area contributed by atoms with E-state index in [4.69, 9.17) is 11.6 Å². The van der Waals surface area contributed by atoms with Gasteiger partial charge >= 0.3 is 6.03 Å². The highest BCUT2D eigenvalue weighted by molar-refractivity contribution is 7.89. The summed E-state index contributed by atoms with van der Waals surface area (Å²) in [7, 11) is -3.62. The van der Waals surface area contributed by atoms with E-state index in [0.717, 1.165) is 38.9 Å². The van der Waals surface area contributed by atoms with E-state index in [1.807, 2.05) is 0 Å². The maximum Gasteiger partial charge on any atom is 0.319 e. The average molecular weight is 445 g/mol. The van der Waals surface area contributed by atoms with E-state index in [1.165, 1.54) is 22.5 Å². The summed E-state index contributed by atoms with van der Waals surface area (Å²) >= 11 is 6.18. The maximum absolute atomic E-state index is 12.7. The Hall–Kier alpha value is -1.35. The Labute approximate surface area is 179 Å². The van der Waals surface area contributed by atoms with Crippen LogP contribution in [0.5, 0.6) is 0 Å². The number of piperidine rings is 1. The molecule has 1 fully saturated rings. The van der Waals surface area contributed by atoms with Crippen molar-refractivity contribution in [3.05, 3.63) is 23.2 Å². The van der Waals surface area contributed by atoms with Crippen molar-refractivity contribution >= 4 is 33.3 Å². The molecule has 1 aliphatic heterocycles. The highest BCUT2D eigenvalue weighted by Gasteiger charge is 2.23. The number of halogens is 1. The second-order valence-electron chi connectivity index (χ2n) is 7.35. The van der Waals surface area contributed by atoms with E-state index in [1.54, 1.807) is 13.8 Å². The highest BCUT2D eigenvalue weighted by Crippen LogP contribution is 2.27. The van der Waals surface area contributed by atoms with Crippen LogP contribution in [0.1, 0.15) is 40.0 Å². The number of rotatable bonds is 9. The van der Waals surface area contributed by atoms with E-state index in [-0.39, 0.29) is 16.6 Å². The van der Waals surface area contributed by atoms with Crippen molar-refractivity contribution < 1.29 is 13.2 Å². The van der Waals surface area contributed by atoms with Crippen molar-refractivity contribution in [1.29, 1.82) is 0 Å². The van der Waals surface area contributed by atoms with E-state index >= 15 is 0 Å². The van der Waals surface area contributed by atoms with Gasteiger partial charge in [0.05, 0.1) is 15.6 Å². The van der Waals surface area contributed by atoms with E-state index in [2.05, 4.69) is 22.5 Å². The number of anilines is 1. The molecule has 2 amide bonds. The SMILES string of the molecule is CCCN1CCC(CNC(=O)Nc2cc(S(=O)(=O)N(CC)CC)ccc2Cl)CC1. The van der Waals surface area contributed by atoms with Gasteiger partial charge in [-0.3, -0.25) is 0 Å². The van der Waals surface area contributed by atoms with Crippen molar-refractivity contribution in [3.8, 4) is 0 Å². The summed E-state index contributed by atoms with van der Waals surface area (Å²) in [4.78, 5) is 14.9. The molecule has 0 unspecified atom stereocenters. The van der Waals surface area contributed by atoms with E-state index in [0.29, 0.717) is 30.6 Å². The van der Waals surface area contributed by atoms with Gasteiger partial charge in [-0.25, -0.2) is 13.2 Å². The van der Waals surface area contributed by atoms with Gasteiger partial charge in [0, 0.05) is 19.6 Å². The van der Waals surface area contributed by atoms with Crippen molar-refractivity contribution in [2.24, 2.45) is 5.92 Å². The Morgan fingerprint density at radius 1 is 1.21 bits per heavy atom. The smallest absolute Gasteiger partial charge is 0.319 e. The molecule has 0 aromatic heterocycles. The fourth-order valence-electron chi connectivity index (χ4n) is 3.61. The number of nitrogens with one attached hydrogen (secondary N) is 2. The number of carbonyl (C=O) groups is 1. The molecule has 164 valence electrons. The third-order valence-electron chi connectivity index (χ3n) is 5.33. The molecule has 29 heavy (non-hydrogen) atoms. The van der Waals surface area contributed by atoms with Crippen molar-refractivity contribution in [2.75, 3.05) is 44.6 Å². The number of sulfonamides is 1. The topological polar surface area (TPSA) is 81.8 Å². The average Bonchev–Trinajstić information content (AvgIpc) is 2.70. The minimum absolute atomic E-state index is 0.115. The zero-order chi connectivity index (χ0) is 21.4. The van der Waals surface area contributed by atoms with Crippen LogP contribution in [-0.2, 0) is 10.0 Å². The van der Waals surface area contributed by atoms with Crippen LogP contribution in [0.15, 0.2) is 23.1 Å². The lowest BCUT2D eigenvalue weighted by molar-refractivity contribution is 0.182. The summed E-state index contributed by atoms with van der Waals surface area (Å²) < 4.78 is 26.8. The lowest BCUT2D eigenvalue weighted by Crippen LogP contribution is -2.40. The van der Waals surface area contributed by atoms with Crippen LogP contribution in [0.25, 0.3) is 0 Å². The Morgan fingerprint density at radius 2 is 1.86 bits per heavy atom. The predicted octanol–water partition coefficient (Wildman–Crippen LogP) is 3.61. The molecule has 0 saturated carbocycles. The van der Waals surface area contributed by atoms with Gasteiger partial charge in [0.1, 0.15) is 0 Å². The van der Waals surface area contributed by atoms with Gasteiger partial charge in [0.15, 0.2) is 0 Å². The van der Waals surface area contributed by atoms with Crippen LogP contribution < -0.4 is 10.6 Å². The normalized spacial score (nSPS) is 16.2. The fourth-order valence-corrected chi connectivity index (χ4v) is 5.26. The van der Waals surface area contributed by atoms with Crippen molar-refractivity contribution in [1.82, 2.24) is 14.5 Å². The molecule has 1 saturated heterocycles. The van der Waals surface area contributed by atoms with Crippen molar-refractivity contribution in [3.63, 3.8) is 0 Å². The summed E-state index contributed by atoms with van der Waals surface area (Å²) in [6.07, 6.45) is 3.30. The standard InChI is InChI=1S/C20H33ClN4O3S/c1-4-11-24-12-9-16(10-13-24)15-22-20(26)23-19-14-17(7-8-18(19)21)29(27,28)25(5-2)6-3/h7-8,14,16H,4-6,9-13,15H2,1-3H3,(H2,22,23,26). The Balaban J connectivity index is 1.95. The molecule has 2 rings (SSSR count). The summed E-state index contributed by atoms with van der Waals surface area (Å²) in [6, 6.07) is 4.00. The number of benzene rings is 1. The largest absolute Gasteiger partial charge is 0.338 e. The van der Waals surface area contributed by atoms with Gasteiger partial charge in [0.25, 0.3) is 0 Å². The van der Waals surface area contributed by atoms with Crippen LogP contribution in [0.4, 0.5) is 10.5 Å². The molecule has 1 aliphatic rings. The molecule has 2 N–H and O–H groups in total. The number of carbonyl (C=O) groups excluding carboxylic acids is 1. The minimum atomic E-state index is -3.62. The summed E-state index contributed by atoms with van der Waals surface area (Å²) in [5.74, 6) is 0.457. The fraction of sp³-hybridized carbons (Fsp3) is 0.650. The molecule has 7 nitrogen and oxygen atoms in total. The van der Waals surface area contributed by atoms with Gasteiger partial charge in [-0.2, -0.15) is 4.31 Å². The minimum Gasteiger partial charge on any atom is -0.338 e. The lowest BCUT2D eigenvalue weighted by atomic mass is 9.97. The summed E-state index contributed by atoms with van der Waals surface area (Å²) in [5.41, 5.74) is 0.287. The zero-order valence-corrected chi connectivity index (χ0v) is 19.2. The molecule has 0 atom stereocenters. The van der Waals surface area contributed by atoms with E-state index in [9.17, 15) is 13.2 Å². The molecule has 1 aromatic rings. The van der Waals surface area contributed by atoms with Crippen LogP contribution in [0.3, 0.4) is 0 Å². The van der Waals surface area contributed by atoms with Gasteiger partial charge in [0.2, 0.25) is 10.0 Å². The molecular weight excluding hydrogens is 412 g/mol. The first kappa shape index (κ1) is 23.9. The van der Waals surface area contributed by atoms with Crippen molar-refractivity contribution in [2.45, 2.75) is 44.9 Å². The molecule has 0 aliphatic carbocycles. The molecule has 9 heteroatoms. The molecule has 0 bridgehead atoms. The molecule has 0 spiro atoms. The zero-order valence-electron chi connectivity index (χ0n) is 17.6. The van der Waals surface area contributed by atoms with Gasteiger partial charge in [-0.1, -0.05) is 32.4 Å². The number of hydrogen-bond acceptors (Lipinski definition) is 4. The maximum atomic E-state index is 12.7. The molecule has 0 radical (unpaired) electrons. The van der Waals surface area contributed by atoms with Crippen LogP contribution in [0.2, 0.25) is 5.02 Å². The third kappa shape index (κ3) is 6.57. The number of likely N-dealkylation sites (tertiary alicyclic amines) is 1. The number of nitrogens with zero attached hydrogens (tertiary/aromatic N) is 2. The van der Waals surface area contributed by atoms with Gasteiger partial charge in [-0.05, 0) is 63.0 Å². The monoisotopic (exact) mass is 444 g/mol. The Morgan fingerprint density at radius 3 is 2.45 bits per heavy atom. The predicted molar refractivity (Wildman–Crippen MR) is 118 cm³/mol. The molecule has 1 heterocycles. The van der Waals surface area contributed by atoms with E-state index < -0.39 is 10.0 Å². The van der Waals surface area contributed by atoms with Crippen LogP contribution in [-0.4, -0.2) is 62.9 Å². The highest BCUT2D eigenvalue weighted by atomic mass is 35.5. The Bertz CT molecular complexity index is 776. The quantitative estimate of drug-likeness (QED) is 0.609. The number of urea groups is 1. The first-order valence-corrected chi connectivity index (χ1v) is 12.2. The Kier molecular flexibility index (Phi) is 9.20. The number of hydrogen-bond donors (Lipinski definition) is 2. The molecule has 1 aromatic carbocycles. The second kappa shape index (κ2) is 11.2. The van der Waals surface area contributed by atoms with Gasteiger partial charge < -0.3 is 15.5 Å². The first-order valence-electron chi connectivity index (χ1n) is 10.4. The van der Waals surface area contributed by atoms with Crippen LogP contribution >= 0.6 is 11.6 Å². The van der Waals surface area contributed by atoms with Crippen LogP contribution in [0, 0.1) is 5.92 Å². The second-order valence-corrected chi connectivity index (χ2v) is 9.70.